The number of nitrogens with one attached hydrogen (secondary N) is 1. The third kappa shape index (κ3) is 2.73. The number of hydrogen-bond acceptors (Lipinski definition) is 4. The van der Waals surface area contributed by atoms with E-state index in [0.717, 1.165) is 19.1 Å². The van der Waals surface area contributed by atoms with Gasteiger partial charge >= 0.3 is 0 Å². The topological polar surface area (TPSA) is 31.4 Å². The summed E-state index contributed by atoms with van der Waals surface area (Å²) in [4.78, 5) is 9.77. The lowest BCUT2D eigenvalue weighted by Gasteiger charge is -2.36. The average molecular weight is 286 g/mol. The predicted molar refractivity (Wildman–Crippen MR) is 86.9 cm³/mol. The number of fused-ring (bicyclic) bond motifs is 1. The van der Waals surface area contributed by atoms with Crippen molar-refractivity contribution < 1.29 is 0 Å². The fraction of sp³-hybridized carbons (Fsp3) is 0.706. The minimum Gasteiger partial charge on any atom is -0.379 e. The largest absolute Gasteiger partial charge is 0.379 e. The summed E-state index contributed by atoms with van der Waals surface area (Å²) in [5.74, 6) is 1.17. The van der Waals surface area contributed by atoms with Crippen molar-refractivity contribution in [2.75, 3.05) is 36.4 Å². The van der Waals surface area contributed by atoms with E-state index >= 15 is 0 Å². The van der Waals surface area contributed by atoms with Gasteiger partial charge in [-0.2, -0.15) is 0 Å². The molecule has 1 N–H and O–H groups in total. The lowest BCUT2D eigenvalue weighted by atomic mass is 9.97. The van der Waals surface area contributed by atoms with Gasteiger partial charge in [0.25, 0.3) is 0 Å². The second-order valence-electron chi connectivity index (χ2n) is 6.77. The van der Waals surface area contributed by atoms with Crippen LogP contribution in [0.1, 0.15) is 38.5 Å². The number of pyridine rings is 1. The molecule has 4 heteroatoms. The van der Waals surface area contributed by atoms with Crippen LogP contribution in [0.25, 0.3) is 0 Å². The first-order valence-corrected chi connectivity index (χ1v) is 8.61. The SMILES string of the molecule is c1cnc(N2CCCC2)c(NC2CCN3CCCC3C2)c1. The number of nitrogens with zero attached hydrogens (tertiary/aromatic N) is 3. The van der Waals surface area contributed by atoms with E-state index in [4.69, 9.17) is 0 Å². The summed E-state index contributed by atoms with van der Waals surface area (Å²) >= 11 is 0. The minimum atomic E-state index is 0.620. The summed E-state index contributed by atoms with van der Waals surface area (Å²) in [7, 11) is 0. The molecule has 3 saturated heterocycles. The maximum Gasteiger partial charge on any atom is 0.151 e. The lowest BCUT2D eigenvalue weighted by Crippen LogP contribution is -2.43. The number of hydrogen-bond donors (Lipinski definition) is 1. The fourth-order valence-electron chi connectivity index (χ4n) is 4.27. The molecule has 0 spiro atoms. The third-order valence-electron chi connectivity index (χ3n) is 5.37. The highest BCUT2D eigenvalue weighted by Gasteiger charge is 2.32. The molecule has 0 bridgehead atoms. The first-order chi connectivity index (χ1) is 10.4. The van der Waals surface area contributed by atoms with Crippen molar-refractivity contribution >= 4 is 11.5 Å². The second kappa shape index (κ2) is 5.84. The number of piperidine rings is 1. The maximum atomic E-state index is 4.65. The van der Waals surface area contributed by atoms with Gasteiger partial charge in [-0.25, -0.2) is 4.98 Å². The van der Waals surface area contributed by atoms with Crippen LogP contribution in [0.2, 0.25) is 0 Å². The predicted octanol–water partition coefficient (Wildman–Crippen LogP) is 2.72. The molecule has 2 atom stereocenters. The van der Waals surface area contributed by atoms with Gasteiger partial charge in [0, 0.05) is 37.9 Å². The van der Waals surface area contributed by atoms with Crippen molar-refractivity contribution in [2.24, 2.45) is 0 Å². The van der Waals surface area contributed by atoms with Gasteiger partial charge in [0.05, 0.1) is 5.69 Å². The van der Waals surface area contributed by atoms with Gasteiger partial charge in [-0.05, 0) is 57.2 Å². The van der Waals surface area contributed by atoms with Crippen LogP contribution in [0, 0.1) is 0 Å². The van der Waals surface area contributed by atoms with Gasteiger partial charge in [0.15, 0.2) is 5.82 Å². The van der Waals surface area contributed by atoms with Crippen LogP contribution in [-0.4, -0.2) is 48.1 Å². The van der Waals surface area contributed by atoms with E-state index in [1.54, 1.807) is 0 Å². The molecule has 21 heavy (non-hydrogen) atoms. The van der Waals surface area contributed by atoms with Gasteiger partial charge in [-0.3, -0.25) is 0 Å². The van der Waals surface area contributed by atoms with Crippen molar-refractivity contribution in [1.82, 2.24) is 9.88 Å². The maximum absolute atomic E-state index is 4.65. The minimum absolute atomic E-state index is 0.620. The molecule has 1 aromatic rings. The van der Waals surface area contributed by atoms with E-state index in [1.807, 2.05) is 6.20 Å². The molecule has 114 valence electrons. The molecule has 2 unspecified atom stereocenters. The Morgan fingerprint density at radius 3 is 2.86 bits per heavy atom. The number of anilines is 2. The Balaban J connectivity index is 1.46. The molecule has 0 aromatic carbocycles. The molecule has 3 aliphatic heterocycles. The zero-order valence-corrected chi connectivity index (χ0v) is 12.8. The van der Waals surface area contributed by atoms with Crippen molar-refractivity contribution in [3.8, 4) is 0 Å². The molecule has 3 aliphatic rings. The van der Waals surface area contributed by atoms with E-state index in [9.17, 15) is 0 Å². The number of aromatic nitrogens is 1. The lowest BCUT2D eigenvalue weighted by molar-refractivity contribution is 0.188. The zero-order valence-electron chi connectivity index (χ0n) is 12.8. The highest BCUT2D eigenvalue weighted by atomic mass is 15.2. The Kier molecular flexibility index (Phi) is 3.72. The molecule has 4 heterocycles. The summed E-state index contributed by atoms with van der Waals surface area (Å²) in [6, 6.07) is 5.71. The zero-order chi connectivity index (χ0) is 14.1. The van der Waals surface area contributed by atoms with Crippen molar-refractivity contribution in [1.29, 1.82) is 0 Å². The van der Waals surface area contributed by atoms with Gasteiger partial charge < -0.3 is 15.1 Å². The van der Waals surface area contributed by atoms with E-state index in [1.165, 1.54) is 63.1 Å². The Hall–Kier alpha value is -1.29. The molecule has 0 aliphatic carbocycles. The Labute approximate surface area is 127 Å². The molecule has 4 nitrogen and oxygen atoms in total. The smallest absolute Gasteiger partial charge is 0.151 e. The van der Waals surface area contributed by atoms with Crippen LogP contribution in [0.5, 0.6) is 0 Å². The van der Waals surface area contributed by atoms with Gasteiger partial charge in [0.2, 0.25) is 0 Å². The van der Waals surface area contributed by atoms with Crippen LogP contribution < -0.4 is 10.2 Å². The van der Waals surface area contributed by atoms with Crippen molar-refractivity contribution in [3.63, 3.8) is 0 Å². The highest BCUT2D eigenvalue weighted by molar-refractivity contribution is 5.66. The summed E-state index contributed by atoms with van der Waals surface area (Å²) in [5, 5.41) is 3.81. The highest BCUT2D eigenvalue weighted by Crippen LogP contribution is 2.31. The fourth-order valence-corrected chi connectivity index (χ4v) is 4.27. The molecule has 0 amide bonds. The van der Waals surface area contributed by atoms with Crippen LogP contribution in [0.3, 0.4) is 0 Å². The van der Waals surface area contributed by atoms with Gasteiger partial charge in [0.1, 0.15) is 0 Å². The molecular weight excluding hydrogens is 260 g/mol. The normalized spacial score (nSPS) is 29.6. The van der Waals surface area contributed by atoms with Crippen molar-refractivity contribution in [2.45, 2.75) is 50.6 Å². The Morgan fingerprint density at radius 2 is 1.95 bits per heavy atom. The quantitative estimate of drug-likeness (QED) is 0.926. The first kappa shape index (κ1) is 13.4. The van der Waals surface area contributed by atoms with Crippen LogP contribution in [-0.2, 0) is 0 Å². The Morgan fingerprint density at radius 1 is 1.05 bits per heavy atom. The third-order valence-corrected chi connectivity index (χ3v) is 5.37. The van der Waals surface area contributed by atoms with E-state index in [2.05, 4.69) is 32.2 Å². The molecule has 0 saturated carbocycles. The van der Waals surface area contributed by atoms with E-state index in [-0.39, 0.29) is 0 Å². The average Bonchev–Trinajstić information content (AvgIpc) is 3.19. The van der Waals surface area contributed by atoms with Crippen LogP contribution in [0.15, 0.2) is 18.3 Å². The van der Waals surface area contributed by atoms with Gasteiger partial charge in [-0.1, -0.05) is 0 Å². The summed E-state index contributed by atoms with van der Waals surface area (Å²) in [5.41, 5.74) is 1.25. The standard InChI is InChI=1S/C17H26N4/c1-2-10-21(9-1)17-16(6-3-8-18-17)19-14-7-12-20-11-4-5-15(20)13-14/h3,6,8,14-15,19H,1-2,4-5,7,9-13H2. The van der Waals surface area contributed by atoms with Crippen LogP contribution >= 0.6 is 0 Å². The second-order valence-corrected chi connectivity index (χ2v) is 6.77. The molecule has 0 radical (unpaired) electrons. The monoisotopic (exact) mass is 286 g/mol. The summed E-state index contributed by atoms with van der Waals surface area (Å²) < 4.78 is 0. The molecule has 4 rings (SSSR count). The van der Waals surface area contributed by atoms with Gasteiger partial charge in [-0.15, -0.1) is 0 Å². The first-order valence-electron chi connectivity index (χ1n) is 8.61. The van der Waals surface area contributed by atoms with E-state index in [0.29, 0.717) is 6.04 Å². The molecular formula is C17H26N4. The molecule has 1 aromatic heterocycles. The van der Waals surface area contributed by atoms with E-state index < -0.39 is 0 Å². The summed E-state index contributed by atoms with van der Waals surface area (Å²) in [6.45, 7) is 4.91. The van der Waals surface area contributed by atoms with Crippen molar-refractivity contribution in [3.05, 3.63) is 18.3 Å². The molecule has 3 fully saturated rings. The Bertz CT molecular complexity index is 483. The summed E-state index contributed by atoms with van der Waals surface area (Å²) in [6.07, 6.45) is 9.89. The van der Waals surface area contributed by atoms with Crippen LogP contribution in [0.4, 0.5) is 11.5 Å². The number of rotatable bonds is 3.